The fraction of sp³-hybridized carbons (Fsp3) is 0.308. The van der Waals surface area contributed by atoms with Crippen LogP contribution >= 0.6 is 15.9 Å². The molecule has 0 spiro atoms. The number of benzene rings is 2. The van der Waals surface area contributed by atoms with Gasteiger partial charge in [0.25, 0.3) is 5.56 Å². The molecule has 34 heavy (non-hydrogen) atoms. The molecule has 0 unspecified atom stereocenters. The molecule has 1 heterocycles. The van der Waals surface area contributed by atoms with E-state index in [0.717, 1.165) is 16.5 Å². The summed E-state index contributed by atoms with van der Waals surface area (Å²) in [5.74, 6) is 0.964. The summed E-state index contributed by atoms with van der Waals surface area (Å²) in [5, 5.41) is 5.01. The second kappa shape index (κ2) is 11.2. The number of aromatic nitrogens is 2. The lowest BCUT2D eigenvalue weighted by atomic mass is 10.1. The van der Waals surface area contributed by atoms with E-state index in [4.69, 9.17) is 14.5 Å². The number of carbonyl (C=O) groups excluding carboxylic acids is 1. The van der Waals surface area contributed by atoms with E-state index in [-0.39, 0.29) is 11.5 Å². The minimum atomic E-state index is -0.439. The van der Waals surface area contributed by atoms with Gasteiger partial charge in [0.05, 0.1) is 23.7 Å². The third kappa shape index (κ3) is 5.62. The topological polar surface area (TPSA) is 82.8 Å². The highest BCUT2D eigenvalue weighted by Gasteiger charge is 2.17. The first-order chi connectivity index (χ1) is 16.3. The van der Waals surface area contributed by atoms with Crippen LogP contribution in [0.1, 0.15) is 57.0 Å². The molecule has 0 aliphatic heterocycles. The lowest BCUT2D eigenvalue weighted by Gasteiger charge is -2.15. The van der Waals surface area contributed by atoms with Crippen molar-refractivity contribution in [1.82, 2.24) is 9.66 Å². The summed E-state index contributed by atoms with van der Waals surface area (Å²) >= 11 is 3.42. The van der Waals surface area contributed by atoms with Crippen molar-refractivity contribution >= 4 is 39.0 Å². The molecule has 2 aromatic carbocycles. The minimum absolute atomic E-state index is 0.0274. The predicted octanol–water partition coefficient (Wildman–Crippen LogP) is 5.61. The Morgan fingerprint density at radius 1 is 1.29 bits per heavy atom. The summed E-state index contributed by atoms with van der Waals surface area (Å²) in [4.78, 5) is 29.7. The lowest BCUT2D eigenvalue weighted by molar-refractivity contribution is -0.132. The summed E-state index contributed by atoms with van der Waals surface area (Å²) in [6.45, 7) is 11.4. The first-order valence-electron chi connectivity index (χ1n) is 11.1. The number of esters is 1. The minimum Gasteiger partial charge on any atom is -0.490 e. The van der Waals surface area contributed by atoms with Crippen LogP contribution in [-0.2, 0) is 11.2 Å². The summed E-state index contributed by atoms with van der Waals surface area (Å²) in [6, 6.07) is 9.01. The van der Waals surface area contributed by atoms with Gasteiger partial charge >= 0.3 is 5.97 Å². The molecule has 8 heteroatoms. The first kappa shape index (κ1) is 25.4. The van der Waals surface area contributed by atoms with Crippen LogP contribution in [0.4, 0.5) is 0 Å². The molecule has 0 aliphatic carbocycles. The van der Waals surface area contributed by atoms with Crippen LogP contribution in [0.2, 0.25) is 0 Å². The number of allylic oxidation sites excluding steroid dienone is 1. The average Bonchev–Trinajstić information content (AvgIpc) is 2.80. The van der Waals surface area contributed by atoms with Gasteiger partial charge in [0.1, 0.15) is 5.82 Å². The van der Waals surface area contributed by atoms with Crippen molar-refractivity contribution in [3.63, 3.8) is 0 Å². The van der Waals surface area contributed by atoms with Gasteiger partial charge in [0, 0.05) is 22.9 Å². The molecule has 0 aliphatic rings. The van der Waals surface area contributed by atoms with Crippen LogP contribution in [0.3, 0.4) is 0 Å². The summed E-state index contributed by atoms with van der Waals surface area (Å²) in [7, 11) is 0. The molecular formula is C26H28BrN3O4. The summed E-state index contributed by atoms with van der Waals surface area (Å²) < 4.78 is 13.3. The van der Waals surface area contributed by atoms with Crippen molar-refractivity contribution in [2.75, 3.05) is 6.61 Å². The van der Waals surface area contributed by atoms with E-state index >= 15 is 0 Å². The van der Waals surface area contributed by atoms with Gasteiger partial charge in [-0.05, 0) is 55.7 Å². The first-order valence-corrected chi connectivity index (χ1v) is 11.9. The number of nitrogens with zero attached hydrogens (tertiary/aromatic N) is 3. The molecule has 0 radical (unpaired) electrons. The van der Waals surface area contributed by atoms with Crippen molar-refractivity contribution in [2.24, 2.45) is 5.10 Å². The molecule has 0 N–H and O–H groups in total. The van der Waals surface area contributed by atoms with E-state index in [1.807, 2.05) is 39.0 Å². The van der Waals surface area contributed by atoms with Crippen LogP contribution in [0, 0.1) is 0 Å². The zero-order valence-corrected chi connectivity index (χ0v) is 21.4. The van der Waals surface area contributed by atoms with Crippen LogP contribution in [-0.4, -0.2) is 28.5 Å². The number of carbonyl (C=O) groups is 1. The van der Waals surface area contributed by atoms with Gasteiger partial charge in [0.15, 0.2) is 11.5 Å². The Morgan fingerprint density at radius 3 is 2.71 bits per heavy atom. The summed E-state index contributed by atoms with van der Waals surface area (Å²) in [6.07, 6.45) is 4.58. The van der Waals surface area contributed by atoms with Gasteiger partial charge in [-0.15, -0.1) is 6.58 Å². The van der Waals surface area contributed by atoms with E-state index in [2.05, 4.69) is 27.6 Å². The normalized spacial score (nSPS) is 12.1. The number of ether oxygens (including phenoxy) is 2. The molecule has 1 atom stereocenters. The molecule has 0 saturated carbocycles. The molecule has 0 bridgehead atoms. The Hall–Kier alpha value is -3.26. The van der Waals surface area contributed by atoms with Gasteiger partial charge in [-0.3, -0.25) is 9.59 Å². The molecule has 3 rings (SSSR count). The number of hydrogen-bond acceptors (Lipinski definition) is 6. The molecule has 178 valence electrons. The van der Waals surface area contributed by atoms with E-state index in [0.29, 0.717) is 46.8 Å². The highest BCUT2D eigenvalue weighted by molar-refractivity contribution is 9.10. The number of fused-ring (bicyclic) bond motifs is 1. The van der Waals surface area contributed by atoms with Gasteiger partial charge < -0.3 is 9.47 Å². The molecule has 1 aromatic heterocycles. The van der Waals surface area contributed by atoms with Gasteiger partial charge in [0.2, 0.25) is 0 Å². The second-order valence-electron chi connectivity index (χ2n) is 7.83. The Balaban J connectivity index is 2.18. The van der Waals surface area contributed by atoms with Crippen LogP contribution in [0.15, 0.2) is 57.4 Å². The Morgan fingerprint density at radius 2 is 2.06 bits per heavy atom. The Bertz CT molecular complexity index is 1310. The van der Waals surface area contributed by atoms with Crippen molar-refractivity contribution < 1.29 is 14.3 Å². The van der Waals surface area contributed by atoms with Crippen molar-refractivity contribution in [2.45, 2.75) is 46.5 Å². The van der Waals surface area contributed by atoms with Crippen molar-refractivity contribution in [1.29, 1.82) is 0 Å². The zero-order valence-electron chi connectivity index (χ0n) is 19.8. The predicted molar refractivity (Wildman–Crippen MR) is 138 cm³/mol. The summed E-state index contributed by atoms with van der Waals surface area (Å²) in [5.41, 5.74) is 1.80. The SMILES string of the molecule is C=CCc1cc(C=Nn2c([C@@H](C)CC)nc3ccc(Br)cc3c2=O)cc(OCC)c1OC(C)=O. The molecule has 0 amide bonds. The van der Waals surface area contributed by atoms with E-state index in [9.17, 15) is 9.59 Å². The van der Waals surface area contributed by atoms with Gasteiger partial charge in [-0.25, -0.2) is 4.98 Å². The van der Waals surface area contributed by atoms with Gasteiger partial charge in [-0.2, -0.15) is 9.78 Å². The molecule has 7 nitrogen and oxygen atoms in total. The van der Waals surface area contributed by atoms with Crippen LogP contribution in [0.5, 0.6) is 11.5 Å². The number of halogens is 1. The van der Waals surface area contributed by atoms with E-state index < -0.39 is 5.97 Å². The quantitative estimate of drug-likeness (QED) is 0.157. The highest BCUT2D eigenvalue weighted by Crippen LogP contribution is 2.34. The smallest absolute Gasteiger partial charge is 0.308 e. The maximum Gasteiger partial charge on any atom is 0.308 e. The third-order valence-corrected chi connectivity index (χ3v) is 5.77. The zero-order chi connectivity index (χ0) is 24.8. The highest BCUT2D eigenvalue weighted by atomic mass is 79.9. The molecular weight excluding hydrogens is 498 g/mol. The fourth-order valence-electron chi connectivity index (χ4n) is 3.49. The van der Waals surface area contributed by atoms with Crippen LogP contribution < -0.4 is 15.0 Å². The Labute approximate surface area is 207 Å². The molecule has 0 saturated heterocycles. The van der Waals surface area contributed by atoms with Crippen molar-refractivity contribution in [3.05, 3.63) is 74.8 Å². The average molecular weight is 526 g/mol. The maximum absolute atomic E-state index is 13.4. The maximum atomic E-state index is 13.4. The second-order valence-corrected chi connectivity index (χ2v) is 8.74. The van der Waals surface area contributed by atoms with Crippen LogP contribution in [0.25, 0.3) is 10.9 Å². The molecule has 3 aromatic rings. The third-order valence-electron chi connectivity index (χ3n) is 5.27. The van der Waals surface area contributed by atoms with E-state index in [1.54, 1.807) is 24.4 Å². The monoisotopic (exact) mass is 525 g/mol. The number of hydrogen-bond donors (Lipinski definition) is 0. The largest absolute Gasteiger partial charge is 0.490 e. The lowest BCUT2D eigenvalue weighted by Crippen LogP contribution is -2.23. The fourth-order valence-corrected chi connectivity index (χ4v) is 3.85. The van der Waals surface area contributed by atoms with Crippen molar-refractivity contribution in [3.8, 4) is 11.5 Å². The van der Waals surface area contributed by atoms with Gasteiger partial charge in [-0.1, -0.05) is 35.9 Å². The molecule has 0 fully saturated rings. The number of rotatable bonds is 9. The Kier molecular flexibility index (Phi) is 8.39. The van der Waals surface area contributed by atoms with E-state index in [1.165, 1.54) is 11.6 Å². The standard InChI is InChI=1S/C26H28BrN3O4/c1-6-9-19-12-18(13-23(33-8-3)24(19)34-17(5)31)15-28-30-25(16(4)7-2)29-22-11-10-20(27)14-21(22)26(30)32/h6,10-16H,1,7-9H2,2-5H3/t16-/m0/s1.